The zero-order valence-electron chi connectivity index (χ0n) is 16.4. The molecule has 2 aromatic rings. The van der Waals surface area contributed by atoms with Crippen LogP contribution < -0.4 is 5.32 Å². The molecule has 1 heterocycles. The van der Waals surface area contributed by atoms with Crippen molar-refractivity contribution in [1.82, 2.24) is 4.90 Å². The second-order valence-electron chi connectivity index (χ2n) is 7.38. The van der Waals surface area contributed by atoms with E-state index in [1.165, 1.54) is 6.92 Å². The Bertz CT molecular complexity index is 883. The van der Waals surface area contributed by atoms with E-state index in [1.54, 1.807) is 24.3 Å². The summed E-state index contributed by atoms with van der Waals surface area (Å²) in [5, 5.41) is 2.90. The van der Waals surface area contributed by atoms with Gasteiger partial charge in [0.1, 0.15) is 0 Å². The van der Waals surface area contributed by atoms with Crippen LogP contribution in [0, 0.1) is 12.8 Å². The Morgan fingerprint density at radius 3 is 2.43 bits per heavy atom. The Hall–Kier alpha value is -2.95. The minimum Gasteiger partial charge on any atom is -0.342 e. The van der Waals surface area contributed by atoms with Crippen molar-refractivity contribution >= 4 is 23.3 Å². The highest BCUT2D eigenvalue weighted by Gasteiger charge is 2.27. The number of carbonyl (C=O) groups is 3. The molecule has 0 atom stereocenters. The summed E-state index contributed by atoms with van der Waals surface area (Å²) in [7, 11) is 0. The second kappa shape index (κ2) is 8.83. The largest absolute Gasteiger partial charge is 0.342 e. The van der Waals surface area contributed by atoms with Crippen LogP contribution in [-0.4, -0.2) is 35.6 Å². The van der Waals surface area contributed by atoms with Crippen LogP contribution in [0.3, 0.4) is 0 Å². The predicted molar refractivity (Wildman–Crippen MR) is 109 cm³/mol. The molecule has 2 aromatic carbocycles. The van der Waals surface area contributed by atoms with E-state index >= 15 is 0 Å². The Balaban J connectivity index is 1.52. The van der Waals surface area contributed by atoms with Gasteiger partial charge < -0.3 is 10.2 Å². The summed E-state index contributed by atoms with van der Waals surface area (Å²) in [6.07, 6.45) is 1.71. The first-order chi connectivity index (χ1) is 13.4. The van der Waals surface area contributed by atoms with Gasteiger partial charge in [0, 0.05) is 30.3 Å². The molecular formula is C23H26N2O3. The van der Waals surface area contributed by atoms with Gasteiger partial charge in [-0.15, -0.1) is 0 Å². The van der Waals surface area contributed by atoms with Crippen molar-refractivity contribution in [2.24, 2.45) is 5.92 Å². The summed E-state index contributed by atoms with van der Waals surface area (Å²) in [6.45, 7) is 4.71. The summed E-state index contributed by atoms with van der Waals surface area (Å²) in [6, 6.07) is 14.9. The van der Waals surface area contributed by atoms with Gasteiger partial charge >= 0.3 is 0 Å². The Labute approximate surface area is 165 Å². The number of hydrogen-bond donors (Lipinski definition) is 1. The van der Waals surface area contributed by atoms with Crippen LogP contribution in [0.2, 0.25) is 0 Å². The molecule has 5 heteroatoms. The van der Waals surface area contributed by atoms with E-state index in [9.17, 15) is 14.4 Å². The molecule has 0 aromatic heterocycles. The van der Waals surface area contributed by atoms with E-state index in [1.807, 2.05) is 36.1 Å². The van der Waals surface area contributed by atoms with Crippen LogP contribution in [0.25, 0.3) is 0 Å². The molecule has 3 rings (SSSR count). The fourth-order valence-corrected chi connectivity index (χ4v) is 3.53. The number of piperidine rings is 1. The quantitative estimate of drug-likeness (QED) is 0.808. The van der Waals surface area contributed by atoms with Gasteiger partial charge in [-0.05, 0) is 49.9 Å². The van der Waals surface area contributed by atoms with Crippen LogP contribution in [0.4, 0.5) is 5.69 Å². The highest BCUT2D eigenvalue weighted by Crippen LogP contribution is 2.21. The number of anilines is 1. The summed E-state index contributed by atoms with van der Waals surface area (Å²) >= 11 is 0. The first-order valence-corrected chi connectivity index (χ1v) is 9.68. The summed E-state index contributed by atoms with van der Waals surface area (Å²) < 4.78 is 0. The molecule has 1 aliphatic rings. The van der Waals surface area contributed by atoms with Crippen LogP contribution in [-0.2, 0) is 16.0 Å². The second-order valence-corrected chi connectivity index (χ2v) is 7.38. The number of ketones is 1. The van der Waals surface area contributed by atoms with Gasteiger partial charge in [0.05, 0.1) is 6.42 Å². The number of benzene rings is 2. The minimum absolute atomic E-state index is 0.0310. The van der Waals surface area contributed by atoms with Gasteiger partial charge in [-0.25, -0.2) is 0 Å². The van der Waals surface area contributed by atoms with Crippen molar-refractivity contribution in [3.63, 3.8) is 0 Å². The summed E-state index contributed by atoms with van der Waals surface area (Å²) in [5.41, 5.74) is 3.39. The van der Waals surface area contributed by atoms with Crippen molar-refractivity contribution in [3.8, 4) is 0 Å². The maximum absolute atomic E-state index is 12.6. The monoisotopic (exact) mass is 378 g/mol. The van der Waals surface area contributed by atoms with Crippen molar-refractivity contribution in [2.45, 2.75) is 33.1 Å². The first-order valence-electron chi connectivity index (χ1n) is 9.68. The highest BCUT2D eigenvalue weighted by atomic mass is 16.2. The van der Waals surface area contributed by atoms with Crippen molar-refractivity contribution in [2.75, 3.05) is 18.4 Å². The highest BCUT2D eigenvalue weighted by molar-refractivity contribution is 5.97. The van der Waals surface area contributed by atoms with E-state index in [-0.39, 0.29) is 23.5 Å². The molecule has 0 unspecified atom stereocenters. The molecular weight excluding hydrogens is 352 g/mol. The van der Waals surface area contributed by atoms with Gasteiger partial charge in [0.25, 0.3) is 0 Å². The van der Waals surface area contributed by atoms with E-state index in [0.717, 1.165) is 11.1 Å². The van der Waals surface area contributed by atoms with E-state index in [2.05, 4.69) is 5.32 Å². The van der Waals surface area contributed by atoms with Gasteiger partial charge in [-0.1, -0.05) is 36.4 Å². The molecule has 1 aliphatic heterocycles. The van der Waals surface area contributed by atoms with E-state index < -0.39 is 0 Å². The molecule has 0 spiro atoms. The van der Waals surface area contributed by atoms with Crippen LogP contribution in [0.5, 0.6) is 0 Å². The molecule has 2 amide bonds. The third kappa shape index (κ3) is 4.85. The van der Waals surface area contributed by atoms with Crippen LogP contribution in [0.1, 0.15) is 41.3 Å². The number of aryl methyl sites for hydroxylation is 1. The third-order valence-electron chi connectivity index (χ3n) is 5.36. The Morgan fingerprint density at radius 2 is 1.75 bits per heavy atom. The number of hydrogen-bond acceptors (Lipinski definition) is 3. The van der Waals surface area contributed by atoms with Gasteiger partial charge in [-0.3, -0.25) is 14.4 Å². The molecule has 0 bridgehead atoms. The Kier molecular flexibility index (Phi) is 6.24. The average Bonchev–Trinajstić information content (AvgIpc) is 2.70. The topological polar surface area (TPSA) is 66.5 Å². The molecule has 0 aliphatic carbocycles. The van der Waals surface area contributed by atoms with Gasteiger partial charge in [0.2, 0.25) is 11.8 Å². The maximum Gasteiger partial charge on any atom is 0.227 e. The number of likely N-dealkylation sites (tertiary alicyclic amines) is 1. The third-order valence-corrected chi connectivity index (χ3v) is 5.36. The minimum atomic E-state index is -0.122. The standard InChI is InChI=1S/C23H26N2O3/c1-16-6-3-4-7-19(16)15-22(27)25-12-10-18(11-13-25)23(28)24-21-9-5-8-20(14-21)17(2)26/h3-9,14,18H,10-13,15H2,1-2H3,(H,24,28). The van der Waals surface area contributed by atoms with Crippen molar-refractivity contribution in [1.29, 1.82) is 0 Å². The lowest BCUT2D eigenvalue weighted by Gasteiger charge is -2.31. The van der Waals surface area contributed by atoms with Crippen LogP contribution >= 0.6 is 0 Å². The predicted octanol–water partition coefficient (Wildman–Crippen LogP) is 3.62. The lowest BCUT2D eigenvalue weighted by atomic mass is 9.95. The molecule has 0 radical (unpaired) electrons. The fourth-order valence-electron chi connectivity index (χ4n) is 3.53. The lowest BCUT2D eigenvalue weighted by Crippen LogP contribution is -2.42. The molecule has 1 N–H and O–H groups in total. The number of carbonyl (C=O) groups excluding carboxylic acids is 3. The smallest absolute Gasteiger partial charge is 0.227 e. The molecule has 146 valence electrons. The van der Waals surface area contributed by atoms with Gasteiger partial charge in [-0.2, -0.15) is 0 Å². The average molecular weight is 378 g/mol. The lowest BCUT2D eigenvalue weighted by molar-refractivity contribution is -0.133. The van der Waals surface area contributed by atoms with E-state index in [0.29, 0.717) is 43.6 Å². The summed E-state index contributed by atoms with van der Waals surface area (Å²) in [5.74, 6) is -0.0888. The van der Waals surface area contributed by atoms with Crippen molar-refractivity contribution < 1.29 is 14.4 Å². The summed E-state index contributed by atoms with van der Waals surface area (Å²) in [4.78, 5) is 38.5. The number of nitrogens with one attached hydrogen (secondary N) is 1. The molecule has 1 fully saturated rings. The zero-order chi connectivity index (χ0) is 20.1. The molecule has 28 heavy (non-hydrogen) atoms. The number of amides is 2. The maximum atomic E-state index is 12.6. The number of rotatable bonds is 5. The van der Waals surface area contributed by atoms with E-state index in [4.69, 9.17) is 0 Å². The molecule has 0 saturated carbocycles. The first kappa shape index (κ1) is 19.8. The molecule has 5 nitrogen and oxygen atoms in total. The van der Waals surface area contributed by atoms with Crippen molar-refractivity contribution in [3.05, 3.63) is 65.2 Å². The molecule has 1 saturated heterocycles. The SMILES string of the molecule is CC(=O)c1cccc(NC(=O)C2CCN(C(=O)Cc3ccccc3C)CC2)c1. The zero-order valence-corrected chi connectivity index (χ0v) is 16.4. The number of nitrogens with zero attached hydrogens (tertiary/aromatic N) is 1. The Morgan fingerprint density at radius 1 is 1.04 bits per heavy atom. The van der Waals surface area contributed by atoms with Crippen LogP contribution in [0.15, 0.2) is 48.5 Å². The van der Waals surface area contributed by atoms with Gasteiger partial charge in [0.15, 0.2) is 5.78 Å². The normalized spacial score (nSPS) is 14.6. The fraction of sp³-hybridized carbons (Fsp3) is 0.348. The number of Topliss-reactive ketones (excluding diaryl/α,β-unsaturated/α-hetero) is 1.